The first kappa shape index (κ1) is 23.0. The minimum absolute atomic E-state index is 0.0133. The van der Waals surface area contributed by atoms with E-state index in [4.69, 9.17) is 11.6 Å². The van der Waals surface area contributed by atoms with Gasteiger partial charge in [0.25, 0.3) is 0 Å². The largest absolute Gasteiger partial charge is 0.326 e. The normalized spacial score (nSPS) is 11.4. The third-order valence-corrected chi connectivity index (χ3v) is 5.13. The molecule has 0 atom stereocenters. The molecule has 0 spiro atoms. The van der Waals surface area contributed by atoms with Crippen molar-refractivity contribution in [2.45, 2.75) is 19.8 Å². The van der Waals surface area contributed by atoms with Crippen molar-refractivity contribution in [2.75, 3.05) is 5.32 Å². The number of halogens is 1. The van der Waals surface area contributed by atoms with E-state index in [1.807, 2.05) is 79.7 Å². The Hall–Kier alpha value is -3.70. The van der Waals surface area contributed by atoms with Gasteiger partial charge in [-0.15, -0.1) is 0 Å². The number of carbonyl (C=O) groups excluding carboxylic acids is 2. The molecule has 0 aliphatic heterocycles. The van der Waals surface area contributed by atoms with Gasteiger partial charge >= 0.3 is 0 Å². The minimum atomic E-state index is -0.343. The Balaban J connectivity index is 1.60. The van der Waals surface area contributed by atoms with Gasteiger partial charge in [0.15, 0.2) is 0 Å². The molecule has 0 aliphatic carbocycles. The van der Waals surface area contributed by atoms with Crippen LogP contribution in [-0.2, 0) is 9.59 Å². The second kappa shape index (κ2) is 11.6. The predicted molar refractivity (Wildman–Crippen MR) is 131 cm³/mol. The number of amides is 2. The molecule has 2 amide bonds. The molecule has 0 unspecified atom stereocenters. The van der Waals surface area contributed by atoms with Crippen LogP contribution in [0.2, 0.25) is 5.02 Å². The van der Waals surface area contributed by atoms with Crippen molar-refractivity contribution in [1.82, 2.24) is 5.43 Å². The Labute approximate surface area is 192 Å². The van der Waals surface area contributed by atoms with E-state index < -0.39 is 0 Å². The molecule has 6 heteroatoms. The van der Waals surface area contributed by atoms with Crippen molar-refractivity contribution in [3.63, 3.8) is 0 Å². The lowest BCUT2D eigenvalue weighted by Crippen LogP contribution is -2.22. The highest BCUT2D eigenvalue weighted by molar-refractivity contribution is 6.31. The van der Waals surface area contributed by atoms with Crippen LogP contribution < -0.4 is 10.7 Å². The molecule has 0 aromatic heterocycles. The lowest BCUT2D eigenvalue weighted by molar-refractivity contribution is -0.124. The molecule has 32 heavy (non-hydrogen) atoms. The second-order valence-corrected chi connectivity index (χ2v) is 7.51. The van der Waals surface area contributed by atoms with Gasteiger partial charge in [0.2, 0.25) is 11.8 Å². The highest BCUT2D eigenvalue weighted by atomic mass is 35.5. The lowest BCUT2D eigenvalue weighted by atomic mass is 10.1. The zero-order chi connectivity index (χ0) is 22.8. The van der Waals surface area contributed by atoms with Crippen molar-refractivity contribution < 1.29 is 9.59 Å². The first-order valence-corrected chi connectivity index (χ1v) is 10.6. The summed E-state index contributed by atoms with van der Waals surface area (Å²) in [5, 5.41) is 7.64. The monoisotopic (exact) mass is 445 g/mol. The van der Waals surface area contributed by atoms with E-state index in [0.717, 1.165) is 16.7 Å². The maximum absolute atomic E-state index is 12.3. The summed E-state index contributed by atoms with van der Waals surface area (Å²) >= 11 is 6.08. The molecular weight excluding hydrogens is 422 g/mol. The van der Waals surface area contributed by atoms with E-state index in [2.05, 4.69) is 15.8 Å². The minimum Gasteiger partial charge on any atom is -0.326 e. The summed E-state index contributed by atoms with van der Waals surface area (Å²) in [6.45, 7) is 1.83. The van der Waals surface area contributed by atoms with E-state index in [0.29, 0.717) is 16.4 Å². The average Bonchev–Trinajstić information content (AvgIpc) is 2.82. The third kappa shape index (κ3) is 6.93. The van der Waals surface area contributed by atoms with Crippen LogP contribution in [0, 0.1) is 6.92 Å². The van der Waals surface area contributed by atoms with Crippen LogP contribution in [0.4, 0.5) is 5.69 Å². The molecule has 3 aromatic rings. The number of anilines is 1. The summed E-state index contributed by atoms with van der Waals surface area (Å²) in [5.74, 6) is -0.605. The summed E-state index contributed by atoms with van der Waals surface area (Å²) in [6, 6.07) is 24.7. The van der Waals surface area contributed by atoms with E-state index in [9.17, 15) is 9.59 Å². The fourth-order valence-corrected chi connectivity index (χ4v) is 3.08. The molecule has 3 rings (SSSR count). The van der Waals surface area contributed by atoms with Crippen molar-refractivity contribution in [3.8, 4) is 0 Å². The van der Waals surface area contributed by atoms with Gasteiger partial charge in [0.1, 0.15) is 0 Å². The smallest absolute Gasteiger partial charge is 0.240 e. The molecular formula is C26H24ClN3O2. The Morgan fingerprint density at radius 1 is 0.875 bits per heavy atom. The van der Waals surface area contributed by atoms with Crippen LogP contribution in [0.3, 0.4) is 0 Å². The Kier molecular flexibility index (Phi) is 8.35. The Morgan fingerprint density at radius 3 is 2.25 bits per heavy atom. The Morgan fingerprint density at radius 2 is 1.53 bits per heavy atom. The van der Waals surface area contributed by atoms with Gasteiger partial charge in [-0.25, -0.2) is 5.43 Å². The van der Waals surface area contributed by atoms with Crippen molar-refractivity contribution in [3.05, 3.63) is 107 Å². The molecule has 0 radical (unpaired) electrons. The van der Waals surface area contributed by atoms with Gasteiger partial charge in [-0.05, 0) is 36.3 Å². The molecule has 0 bridgehead atoms. The fraction of sp³-hybridized carbons (Fsp3) is 0.115. The number of carbonyl (C=O) groups is 2. The molecule has 3 aromatic carbocycles. The van der Waals surface area contributed by atoms with Crippen LogP contribution in [0.1, 0.15) is 29.5 Å². The Bertz CT molecular complexity index is 1130. The van der Waals surface area contributed by atoms with Crippen LogP contribution in [0.5, 0.6) is 0 Å². The van der Waals surface area contributed by atoms with E-state index in [-0.39, 0.29) is 24.7 Å². The third-order valence-electron chi connectivity index (χ3n) is 4.72. The number of hydrogen-bond acceptors (Lipinski definition) is 3. The summed E-state index contributed by atoms with van der Waals surface area (Å²) in [5.41, 5.74) is 6.48. The SMILES string of the molecule is Cc1c(Cl)cccc1NC(=O)CCC(=O)N/N=C(/C=C/c1ccccc1)c1ccccc1. The highest BCUT2D eigenvalue weighted by Crippen LogP contribution is 2.23. The fourth-order valence-electron chi connectivity index (χ4n) is 2.91. The molecule has 0 heterocycles. The molecule has 162 valence electrons. The second-order valence-electron chi connectivity index (χ2n) is 7.10. The molecule has 0 fully saturated rings. The number of allylic oxidation sites excluding steroid dienone is 1. The summed E-state index contributed by atoms with van der Waals surface area (Å²) < 4.78 is 0. The summed E-state index contributed by atoms with van der Waals surface area (Å²) in [6.07, 6.45) is 3.82. The van der Waals surface area contributed by atoms with Gasteiger partial charge in [0, 0.05) is 29.1 Å². The van der Waals surface area contributed by atoms with E-state index >= 15 is 0 Å². The topological polar surface area (TPSA) is 70.6 Å². The quantitative estimate of drug-likeness (QED) is 0.350. The summed E-state index contributed by atoms with van der Waals surface area (Å²) in [7, 11) is 0. The van der Waals surface area contributed by atoms with Gasteiger partial charge in [-0.3, -0.25) is 9.59 Å². The maximum atomic E-state index is 12.3. The highest BCUT2D eigenvalue weighted by Gasteiger charge is 2.10. The van der Waals surface area contributed by atoms with Crippen molar-refractivity contribution >= 4 is 40.9 Å². The number of hydrazone groups is 1. The molecule has 0 saturated heterocycles. The number of nitrogens with one attached hydrogen (secondary N) is 2. The predicted octanol–water partition coefficient (Wildman–Crippen LogP) is 5.60. The molecule has 0 saturated carbocycles. The standard InChI is InChI=1S/C26H24ClN3O2/c1-19-22(27)13-8-14-23(19)28-25(31)17-18-26(32)30-29-24(21-11-6-3-7-12-21)16-15-20-9-4-2-5-10-20/h2-16H,17-18H2,1H3,(H,28,31)(H,30,32)/b16-15+,29-24-. The maximum Gasteiger partial charge on any atom is 0.240 e. The average molecular weight is 446 g/mol. The van der Waals surface area contributed by atoms with Gasteiger partial charge in [0.05, 0.1) is 5.71 Å². The molecule has 5 nitrogen and oxygen atoms in total. The summed E-state index contributed by atoms with van der Waals surface area (Å²) in [4.78, 5) is 24.5. The van der Waals surface area contributed by atoms with Crippen LogP contribution in [-0.4, -0.2) is 17.5 Å². The van der Waals surface area contributed by atoms with Gasteiger partial charge in [-0.2, -0.15) is 5.10 Å². The van der Waals surface area contributed by atoms with Crippen molar-refractivity contribution in [1.29, 1.82) is 0 Å². The first-order valence-electron chi connectivity index (χ1n) is 10.2. The molecule has 2 N–H and O–H groups in total. The van der Waals surface area contributed by atoms with Crippen molar-refractivity contribution in [2.24, 2.45) is 5.10 Å². The molecule has 0 aliphatic rings. The van der Waals surface area contributed by atoms with Crippen LogP contribution in [0.25, 0.3) is 6.08 Å². The zero-order valence-corrected chi connectivity index (χ0v) is 18.5. The zero-order valence-electron chi connectivity index (χ0n) is 17.7. The van der Waals surface area contributed by atoms with E-state index in [1.54, 1.807) is 18.2 Å². The lowest BCUT2D eigenvalue weighted by Gasteiger charge is -2.09. The number of nitrogens with zero attached hydrogens (tertiary/aromatic N) is 1. The number of hydrogen-bond donors (Lipinski definition) is 2. The van der Waals surface area contributed by atoms with Crippen LogP contribution in [0.15, 0.2) is 90.0 Å². The van der Waals surface area contributed by atoms with Gasteiger partial charge < -0.3 is 5.32 Å². The van der Waals surface area contributed by atoms with Gasteiger partial charge in [-0.1, -0.05) is 84.4 Å². The number of rotatable bonds is 8. The van der Waals surface area contributed by atoms with E-state index in [1.165, 1.54) is 0 Å². The van der Waals surface area contributed by atoms with Crippen LogP contribution >= 0.6 is 11.6 Å². The first-order chi connectivity index (χ1) is 15.5. The number of benzene rings is 3.